The molecule has 4 aromatic rings. The number of nitrogens with one attached hydrogen (secondary N) is 3. The third-order valence-corrected chi connectivity index (χ3v) is 8.58. The Labute approximate surface area is 267 Å². The van der Waals surface area contributed by atoms with Crippen molar-refractivity contribution in [2.75, 3.05) is 6.54 Å². The number of urea groups is 1. The lowest BCUT2D eigenvalue weighted by Crippen LogP contribution is -2.48. The van der Waals surface area contributed by atoms with E-state index in [1.54, 1.807) is 72.3 Å². The first-order valence-electron chi connectivity index (χ1n) is 14.8. The van der Waals surface area contributed by atoms with Crippen LogP contribution >= 0.6 is 0 Å². The molecule has 1 heterocycles. The highest BCUT2D eigenvalue weighted by atomic mass is 32.2. The van der Waals surface area contributed by atoms with Crippen molar-refractivity contribution >= 4 is 27.9 Å². The highest BCUT2D eigenvalue weighted by Gasteiger charge is 2.29. The van der Waals surface area contributed by atoms with E-state index in [-0.39, 0.29) is 23.6 Å². The maximum Gasteiger partial charge on any atom is 0.334 e. The van der Waals surface area contributed by atoms with E-state index in [4.69, 9.17) is 0 Å². The Bertz CT molecular complexity index is 1770. The van der Waals surface area contributed by atoms with Gasteiger partial charge in [-0.25, -0.2) is 22.7 Å². The molecule has 12 nitrogen and oxygen atoms in total. The van der Waals surface area contributed by atoms with Crippen molar-refractivity contribution in [2.45, 2.75) is 56.7 Å². The van der Waals surface area contributed by atoms with Gasteiger partial charge in [-0.3, -0.25) is 9.48 Å². The average Bonchev–Trinajstić information content (AvgIpc) is 3.43. The van der Waals surface area contributed by atoms with E-state index < -0.39 is 40.1 Å². The standard InChI is InChI=1S/C33H37N5O7S/c1-3-10-25-20-28(31(40)35-27(30(39)32(41)42)19-22-11-6-5-7-12-22)36-38(25)21-23-15-17-24(18-16-23)26-13-8-9-14-29(26)46(44,45)37-33(43)34-4-2/h5-9,11-18,20,27,30,39H,3-4,10,19,21H2,1-2H3,(H,35,40)(H,41,42)(H2,34,37,43). The zero-order valence-corrected chi connectivity index (χ0v) is 26.3. The summed E-state index contributed by atoms with van der Waals surface area (Å²) >= 11 is 0. The van der Waals surface area contributed by atoms with Crippen LogP contribution in [-0.2, 0) is 34.2 Å². The van der Waals surface area contributed by atoms with Gasteiger partial charge in [-0.2, -0.15) is 5.10 Å². The second-order valence-corrected chi connectivity index (χ2v) is 12.3. The van der Waals surface area contributed by atoms with Crippen LogP contribution in [0.25, 0.3) is 11.1 Å². The molecule has 46 heavy (non-hydrogen) atoms. The number of carboxylic acid groups (broad SMARTS) is 1. The van der Waals surface area contributed by atoms with Gasteiger partial charge < -0.3 is 20.8 Å². The first-order chi connectivity index (χ1) is 22.0. The number of rotatable bonds is 14. The summed E-state index contributed by atoms with van der Waals surface area (Å²) in [4.78, 5) is 36.7. The van der Waals surface area contributed by atoms with Crippen molar-refractivity contribution in [1.82, 2.24) is 25.1 Å². The maximum atomic E-state index is 13.2. The number of aryl methyl sites for hydroxylation is 1. The molecule has 1 aromatic heterocycles. The third kappa shape index (κ3) is 8.58. The second kappa shape index (κ2) is 15.3. The van der Waals surface area contributed by atoms with E-state index in [1.807, 2.05) is 29.8 Å². The van der Waals surface area contributed by atoms with E-state index in [0.717, 1.165) is 23.2 Å². The molecule has 0 aliphatic rings. The van der Waals surface area contributed by atoms with Gasteiger partial charge in [0.25, 0.3) is 15.9 Å². The van der Waals surface area contributed by atoms with Gasteiger partial charge in [0.15, 0.2) is 6.10 Å². The number of nitrogens with zero attached hydrogens (tertiary/aromatic N) is 2. The lowest BCUT2D eigenvalue weighted by Gasteiger charge is -2.21. The van der Waals surface area contributed by atoms with E-state index in [0.29, 0.717) is 24.1 Å². The summed E-state index contributed by atoms with van der Waals surface area (Å²) in [7, 11) is -4.14. The summed E-state index contributed by atoms with van der Waals surface area (Å²) < 4.78 is 29.6. The van der Waals surface area contributed by atoms with Crippen LogP contribution in [0.5, 0.6) is 0 Å². The summed E-state index contributed by atoms with van der Waals surface area (Å²) in [5.41, 5.74) is 3.52. The zero-order valence-electron chi connectivity index (χ0n) is 25.5. The van der Waals surface area contributed by atoms with Crippen molar-refractivity contribution in [3.63, 3.8) is 0 Å². The van der Waals surface area contributed by atoms with E-state index in [2.05, 4.69) is 15.7 Å². The number of amides is 3. The lowest BCUT2D eigenvalue weighted by atomic mass is 10.0. The molecule has 5 N–H and O–H groups in total. The minimum Gasteiger partial charge on any atom is -0.479 e. The van der Waals surface area contributed by atoms with Crippen LogP contribution in [0.3, 0.4) is 0 Å². The molecule has 0 aliphatic carbocycles. The maximum absolute atomic E-state index is 13.2. The van der Waals surface area contributed by atoms with Gasteiger partial charge in [0, 0.05) is 17.8 Å². The molecule has 3 aromatic carbocycles. The van der Waals surface area contributed by atoms with Crippen LogP contribution in [0.15, 0.2) is 89.8 Å². The molecule has 242 valence electrons. The third-order valence-electron chi connectivity index (χ3n) is 7.19. The number of aliphatic hydroxyl groups is 1. The Balaban J connectivity index is 1.54. The van der Waals surface area contributed by atoms with Gasteiger partial charge >= 0.3 is 12.0 Å². The van der Waals surface area contributed by atoms with Crippen LogP contribution in [-0.4, -0.2) is 65.0 Å². The molecule has 0 saturated heterocycles. The summed E-state index contributed by atoms with van der Waals surface area (Å²) in [6, 6.07) is 22.3. The number of benzene rings is 3. The number of carbonyl (C=O) groups is 3. The molecular weight excluding hydrogens is 610 g/mol. The average molecular weight is 648 g/mol. The van der Waals surface area contributed by atoms with E-state index in [9.17, 15) is 33.0 Å². The molecule has 0 spiro atoms. The quantitative estimate of drug-likeness (QED) is 0.138. The molecule has 0 fully saturated rings. The predicted molar refractivity (Wildman–Crippen MR) is 172 cm³/mol. The van der Waals surface area contributed by atoms with Gasteiger partial charge in [0.05, 0.1) is 17.5 Å². The number of sulfonamides is 1. The normalized spacial score (nSPS) is 12.6. The summed E-state index contributed by atoms with van der Waals surface area (Å²) in [6.07, 6.45) is -0.283. The Morgan fingerprint density at radius 1 is 0.913 bits per heavy atom. The highest BCUT2D eigenvalue weighted by Crippen LogP contribution is 2.28. The number of hydrogen-bond donors (Lipinski definition) is 5. The van der Waals surface area contributed by atoms with E-state index >= 15 is 0 Å². The predicted octanol–water partition coefficient (Wildman–Crippen LogP) is 3.35. The topological polar surface area (TPSA) is 180 Å². The van der Waals surface area contributed by atoms with Gasteiger partial charge in [0.2, 0.25) is 0 Å². The largest absolute Gasteiger partial charge is 0.479 e. The van der Waals surface area contributed by atoms with Crippen molar-refractivity contribution in [3.05, 3.63) is 107 Å². The fourth-order valence-corrected chi connectivity index (χ4v) is 6.12. The number of aliphatic carboxylic acids is 1. The molecule has 0 radical (unpaired) electrons. The van der Waals surface area contributed by atoms with Crippen LogP contribution < -0.4 is 15.4 Å². The molecular formula is C33H37N5O7S. The van der Waals surface area contributed by atoms with Crippen LogP contribution in [0.4, 0.5) is 4.79 Å². The fourth-order valence-electron chi connectivity index (χ4n) is 4.96. The minimum absolute atomic E-state index is 0.0412. The Morgan fingerprint density at radius 2 is 1.59 bits per heavy atom. The number of aromatic nitrogens is 2. The van der Waals surface area contributed by atoms with Crippen LogP contribution in [0.1, 0.15) is 47.6 Å². The molecule has 2 unspecified atom stereocenters. The number of hydrogen-bond acceptors (Lipinski definition) is 7. The Morgan fingerprint density at radius 3 is 2.24 bits per heavy atom. The second-order valence-electron chi connectivity index (χ2n) is 10.6. The molecule has 0 aliphatic heterocycles. The fraction of sp³-hybridized carbons (Fsp3) is 0.273. The Kier molecular flexibility index (Phi) is 11.3. The minimum atomic E-state index is -4.14. The molecule has 3 amide bonds. The van der Waals surface area contributed by atoms with Crippen LogP contribution in [0.2, 0.25) is 0 Å². The Hall–Kier alpha value is -5.01. The molecule has 0 saturated carbocycles. The highest BCUT2D eigenvalue weighted by molar-refractivity contribution is 7.90. The zero-order chi connectivity index (χ0) is 33.3. The summed E-state index contributed by atoms with van der Waals surface area (Å²) in [5.74, 6) is -2.05. The number of carboxylic acids is 1. The number of aliphatic hydroxyl groups excluding tert-OH is 1. The van der Waals surface area contributed by atoms with Crippen molar-refractivity contribution in [3.8, 4) is 11.1 Å². The van der Waals surface area contributed by atoms with Gasteiger partial charge in [-0.15, -0.1) is 0 Å². The van der Waals surface area contributed by atoms with Crippen molar-refractivity contribution in [1.29, 1.82) is 0 Å². The van der Waals surface area contributed by atoms with E-state index in [1.165, 1.54) is 6.07 Å². The molecule has 2 atom stereocenters. The number of carbonyl (C=O) groups excluding carboxylic acids is 2. The monoisotopic (exact) mass is 647 g/mol. The SMILES string of the molecule is CCCc1cc(C(=O)NC(Cc2ccccc2)C(O)C(=O)O)nn1Cc1ccc(-c2ccccc2S(=O)(=O)NC(=O)NCC)cc1. The molecule has 4 rings (SSSR count). The smallest absolute Gasteiger partial charge is 0.334 e. The van der Waals surface area contributed by atoms with Gasteiger partial charge in [-0.1, -0.05) is 86.1 Å². The first-order valence-corrected chi connectivity index (χ1v) is 16.3. The van der Waals surface area contributed by atoms with Gasteiger partial charge in [-0.05, 0) is 48.6 Å². The summed E-state index contributed by atoms with van der Waals surface area (Å²) in [5, 5.41) is 29.3. The van der Waals surface area contributed by atoms with Crippen molar-refractivity contribution < 1.29 is 33.0 Å². The lowest BCUT2D eigenvalue weighted by molar-refractivity contribution is -0.148. The van der Waals surface area contributed by atoms with Crippen LogP contribution in [0, 0.1) is 0 Å². The first kappa shape index (κ1) is 33.9. The van der Waals surface area contributed by atoms with Gasteiger partial charge in [0.1, 0.15) is 5.69 Å². The molecule has 13 heteroatoms. The van der Waals surface area contributed by atoms with Crippen molar-refractivity contribution in [2.24, 2.45) is 0 Å². The summed E-state index contributed by atoms with van der Waals surface area (Å²) in [6.45, 7) is 4.27. The molecule has 0 bridgehead atoms.